The second-order valence-corrected chi connectivity index (χ2v) is 6.85. The molecule has 1 fully saturated rings. The zero-order valence-electron chi connectivity index (χ0n) is 12.9. The van der Waals surface area contributed by atoms with Crippen molar-refractivity contribution in [2.24, 2.45) is 17.1 Å². The van der Waals surface area contributed by atoms with E-state index in [9.17, 15) is 0 Å². The number of hydrogen-bond acceptors (Lipinski definition) is 2. The molecule has 0 aromatic rings. The summed E-state index contributed by atoms with van der Waals surface area (Å²) in [4.78, 5) is 2.68. The Kier molecular flexibility index (Phi) is 7.25. The molecular weight excluding hydrogens is 220 g/mol. The number of likely N-dealkylation sites (tertiary alicyclic amines) is 1. The first-order valence-electron chi connectivity index (χ1n) is 8.00. The first-order chi connectivity index (χ1) is 8.57. The van der Waals surface area contributed by atoms with E-state index in [4.69, 9.17) is 5.73 Å². The van der Waals surface area contributed by atoms with Gasteiger partial charge in [0, 0.05) is 0 Å². The minimum Gasteiger partial charge on any atom is -0.330 e. The zero-order chi connectivity index (χ0) is 13.4. The standard InChI is InChI=1S/C16H34N2/c1-4-15(8-11-17)7-5-12-18-13-6-9-16(2,3)10-14-18/h15H,4-14,17H2,1-3H3. The summed E-state index contributed by atoms with van der Waals surface area (Å²) >= 11 is 0. The molecule has 1 rings (SSSR count). The maximum absolute atomic E-state index is 5.66. The van der Waals surface area contributed by atoms with Crippen molar-refractivity contribution in [1.29, 1.82) is 0 Å². The summed E-state index contributed by atoms with van der Waals surface area (Å²) in [6.45, 7) is 11.9. The molecule has 2 N–H and O–H groups in total. The fourth-order valence-corrected chi connectivity index (χ4v) is 3.09. The van der Waals surface area contributed by atoms with Crippen LogP contribution in [0.3, 0.4) is 0 Å². The third-order valence-corrected chi connectivity index (χ3v) is 4.67. The van der Waals surface area contributed by atoms with Gasteiger partial charge in [-0.05, 0) is 76.0 Å². The summed E-state index contributed by atoms with van der Waals surface area (Å²) in [5.74, 6) is 0.860. The lowest BCUT2D eigenvalue weighted by molar-refractivity contribution is 0.250. The van der Waals surface area contributed by atoms with E-state index in [0.717, 1.165) is 12.5 Å². The highest BCUT2D eigenvalue weighted by Gasteiger charge is 2.22. The Morgan fingerprint density at radius 1 is 1.17 bits per heavy atom. The van der Waals surface area contributed by atoms with Crippen molar-refractivity contribution in [2.45, 2.75) is 65.7 Å². The normalized spacial score (nSPS) is 22.7. The van der Waals surface area contributed by atoms with Gasteiger partial charge in [-0.25, -0.2) is 0 Å². The molecule has 1 atom stereocenters. The summed E-state index contributed by atoms with van der Waals surface area (Å²) in [6, 6.07) is 0. The first kappa shape index (κ1) is 16.0. The number of hydrogen-bond donors (Lipinski definition) is 1. The average molecular weight is 254 g/mol. The number of rotatable bonds is 7. The van der Waals surface area contributed by atoms with Crippen LogP contribution in [-0.2, 0) is 0 Å². The van der Waals surface area contributed by atoms with Crippen molar-refractivity contribution >= 4 is 0 Å². The third-order valence-electron chi connectivity index (χ3n) is 4.67. The molecule has 0 aliphatic carbocycles. The van der Waals surface area contributed by atoms with Gasteiger partial charge in [-0.3, -0.25) is 0 Å². The van der Waals surface area contributed by atoms with Gasteiger partial charge in [-0.2, -0.15) is 0 Å². The Labute approximate surface area is 114 Å². The molecule has 0 aromatic heterocycles. The van der Waals surface area contributed by atoms with Crippen LogP contribution in [0.5, 0.6) is 0 Å². The zero-order valence-corrected chi connectivity index (χ0v) is 12.9. The van der Waals surface area contributed by atoms with E-state index in [1.165, 1.54) is 64.6 Å². The van der Waals surface area contributed by atoms with Gasteiger partial charge in [0.2, 0.25) is 0 Å². The van der Waals surface area contributed by atoms with Crippen molar-refractivity contribution in [3.63, 3.8) is 0 Å². The maximum atomic E-state index is 5.66. The second kappa shape index (κ2) is 8.16. The molecule has 1 aliphatic heterocycles. The Balaban J connectivity index is 2.19. The van der Waals surface area contributed by atoms with Gasteiger partial charge in [0.05, 0.1) is 0 Å². The lowest BCUT2D eigenvalue weighted by Crippen LogP contribution is -2.27. The minimum atomic E-state index is 0.570. The van der Waals surface area contributed by atoms with Gasteiger partial charge in [0.15, 0.2) is 0 Å². The van der Waals surface area contributed by atoms with E-state index in [1.54, 1.807) is 0 Å². The molecule has 1 heterocycles. The molecule has 0 radical (unpaired) electrons. The van der Waals surface area contributed by atoms with Crippen LogP contribution in [0, 0.1) is 11.3 Å². The Morgan fingerprint density at radius 2 is 1.94 bits per heavy atom. The SMILES string of the molecule is CCC(CCN)CCCN1CCCC(C)(C)CC1. The predicted molar refractivity (Wildman–Crippen MR) is 80.8 cm³/mol. The van der Waals surface area contributed by atoms with Crippen molar-refractivity contribution in [3.05, 3.63) is 0 Å². The van der Waals surface area contributed by atoms with Crippen molar-refractivity contribution in [3.8, 4) is 0 Å². The van der Waals surface area contributed by atoms with Gasteiger partial charge in [0.1, 0.15) is 0 Å². The maximum Gasteiger partial charge on any atom is -0.00136 e. The van der Waals surface area contributed by atoms with Crippen LogP contribution in [0.2, 0.25) is 0 Å². The van der Waals surface area contributed by atoms with Gasteiger partial charge >= 0.3 is 0 Å². The van der Waals surface area contributed by atoms with Crippen LogP contribution < -0.4 is 5.73 Å². The highest BCUT2D eigenvalue weighted by molar-refractivity contribution is 4.76. The van der Waals surface area contributed by atoms with Crippen LogP contribution in [0.1, 0.15) is 65.7 Å². The molecule has 1 saturated heterocycles. The molecule has 108 valence electrons. The fraction of sp³-hybridized carbons (Fsp3) is 1.00. The summed E-state index contributed by atoms with van der Waals surface area (Å²) < 4.78 is 0. The smallest absolute Gasteiger partial charge is 0.00136 e. The van der Waals surface area contributed by atoms with Crippen molar-refractivity contribution in [1.82, 2.24) is 4.90 Å². The summed E-state index contributed by atoms with van der Waals surface area (Å²) in [7, 11) is 0. The van der Waals surface area contributed by atoms with Crippen molar-refractivity contribution in [2.75, 3.05) is 26.2 Å². The third kappa shape index (κ3) is 6.19. The molecule has 2 nitrogen and oxygen atoms in total. The minimum absolute atomic E-state index is 0.570. The largest absolute Gasteiger partial charge is 0.330 e. The summed E-state index contributed by atoms with van der Waals surface area (Å²) in [5.41, 5.74) is 6.23. The van der Waals surface area contributed by atoms with E-state index in [1.807, 2.05) is 0 Å². The molecule has 0 aromatic carbocycles. The van der Waals surface area contributed by atoms with Crippen LogP contribution in [0.25, 0.3) is 0 Å². The average Bonchev–Trinajstić information content (AvgIpc) is 2.50. The molecule has 1 unspecified atom stereocenters. The molecule has 0 bridgehead atoms. The number of nitrogens with two attached hydrogens (primary N) is 1. The molecule has 1 aliphatic rings. The van der Waals surface area contributed by atoms with E-state index >= 15 is 0 Å². The molecule has 0 amide bonds. The lowest BCUT2D eigenvalue weighted by Gasteiger charge is -2.24. The lowest BCUT2D eigenvalue weighted by atomic mass is 9.85. The highest BCUT2D eigenvalue weighted by atomic mass is 15.1. The molecule has 0 saturated carbocycles. The topological polar surface area (TPSA) is 29.3 Å². The Morgan fingerprint density at radius 3 is 2.61 bits per heavy atom. The van der Waals surface area contributed by atoms with E-state index in [-0.39, 0.29) is 0 Å². The van der Waals surface area contributed by atoms with Gasteiger partial charge in [-0.1, -0.05) is 27.2 Å². The Hall–Kier alpha value is -0.0800. The second-order valence-electron chi connectivity index (χ2n) is 6.85. The van der Waals surface area contributed by atoms with Crippen LogP contribution >= 0.6 is 0 Å². The summed E-state index contributed by atoms with van der Waals surface area (Å²) in [6.07, 6.45) is 9.38. The van der Waals surface area contributed by atoms with Crippen molar-refractivity contribution < 1.29 is 0 Å². The molecule has 2 heteroatoms. The quantitative estimate of drug-likeness (QED) is 0.751. The Bertz CT molecular complexity index is 213. The van der Waals surface area contributed by atoms with Gasteiger partial charge in [-0.15, -0.1) is 0 Å². The predicted octanol–water partition coefficient (Wildman–Crippen LogP) is 3.65. The van der Waals surface area contributed by atoms with Crippen LogP contribution in [0.15, 0.2) is 0 Å². The van der Waals surface area contributed by atoms with E-state index < -0.39 is 0 Å². The summed E-state index contributed by atoms with van der Waals surface area (Å²) in [5, 5.41) is 0. The van der Waals surface area contributed by atoms with E-state index in [2.05, 4.69) is 25.7 Å². The first-order valence-corrected chi connectivity index (χ1v) is 8.00. The fourth-order valence-electron chi connectivity index (χ4n) is 3.09. The van der Waals surface area contributed by atoms with Crippen LogP contribution in [-0.4, -0.2) is 31.1 Å². The van der Waals surface area contributed by atoms with Gasteiger partial charge in [0.25, 0.3) is 0 Å². The highest BCUT2D eigenvalue weighted by Crippen LogP contribution is 2.29. The molecule has 0 spiro atoms. The van der Waals surface area contributed by atoms with Crippen LogP contribution in [0.4, 0.5) is 0 Å². The van der Waals surface area contributed by atoms with E-state index in [0.29, 0.717) is 5.41 Å². The van der Waals surface area contributed by atoms with Gasteiger partial charge < -0.3 is 10.6 Å². The monoisotopic (exact) mass is 254 g/mol. The molecule has 18 heavy (non-hydrogen) atoms. The number of nitrogens with zero attached hydrogens (tertiary/aromatic N) is 1. The molecular formula is C16H34N2.